The van der Waals surface area contributed by atoms with Crippen LogP contribution >= 0.6 is 0 Å². The van der Waals surface area contributed by atoms with Gasteiger partial charge in [0, 0.05) is 20.1 Å². The maximum Gasteiger partial charge on any atom is 0.241 e. The van der Waals surface area contributed by atoms with Gasteiger partial charge >= 0.3 is 0 Å². The Kier molecular flexibility index (Phi) is 4.91. The molecular weight excluding hydrogens is 270 g/mol. The van der Waals surface area contributed by atoms with Crippen molar-refractivity contribution in [3.63, 3.8) is 0 Å². The van der Waals surface area contributed by atoms with Crippen LogP contribution in [0, 0.1) is 0 Å². The summed E-state index contributed by atoms with van der Waals surface area (Å²) in [7, 11) is 1.77. The fourth-order valence-corrected chi connectivity index (χ4v) is 1.76. The number of aromatic nitrogens is 4. The number of nitrogens with zero attached hydrogens (tertiary/aromatic N) is 4. The number of nitrogens with one attached hydrogen (secondary N) is 3. The molecule has 1 amide bonds. The van der Waals surface area contributed by atoms with Crippen LogP contribution in [0.15, 0.2) is 6.20 Å². The number of hydrogen-bond donors (Lipinski definition) is 3. The number of carbonyl (C=O) groups is 1. The normalized spacial score (nSPS) is 10.6. The van der Waals surface area contributed by atoms with Gasteiger partial charge in [0.1, 0.15) is 5.82 Å². The van der Waals surface area contributed by atoms with Crippen LogP contribution in [0.2, 0.25) is 0 Å². The Morgan fingerprint density at radius 1 is 1.33 bits per heavy atom. The highest BCUT2D eigenvalue weighted by Gasteiger charge is 2.12. The average molecular weight is 291 g/mol. The quantitative estimate of drug-likeness (QED) is 0.705. The van der Waals surface area contributed by atoms with E-state index in [4.69, 9.17) is 0 Å². The zero-order chi connectivity index (χ0) is 15.2. The zero-order valence-electron chi connectivity index (χ0n) is 12.6. The molecule has 3 N–H and O–H groups in total. The molecule has 0 aliphatic carbocycles. The lowest BCUT2D eigenvalue weighted by molar-refractivity contribution is -0.127. The molecule has 2 rings (SSSR count). The van der Waals surface area contributed by atoms with Gasteiger partial charge in [0.05, 0.1) is 18.1 Å². The molecule has 0 atom stereocenters. The average Bonchev–Trinajstić information content (AvgIpc) is 2.97. The number of likely N-dealkylation sites (N-methyl/N-ethyl adjacent to an activating group) is 1. The highest BCUT2D eigenvalue weighted by Crippen LogP contribution is 2.19. The topological polar surface area (TPSA) is 98.8 Å². The predicted molar refractivity (Wildman–Crippen MR) is 82.3 cm³/mol. The Morgan fingerprint density at radius 3 is 2.86 bits per heavy atom. The van der Waals surface area contributed by atoms with E-state index in [0.717, 1.165) is 18.4 Å². The van der Waals surface area contributed by atoms with Crippen LogP contribution in [0.25, 0.3) is 11.0 Å². The van der Waals surface area contributed by atoms with E-state index in [9.17, 15) is 4.79 Å². The molecule has 114 valence electrons. The van der Waals surface area contributed by atoms with E-state index >= 15 is 0 Å². The summed E-state index contributed by atoms with van der Waals surface area (Å²) in [5.74, 6) is 1.13. The Morgan fingerprint density at radius 2 is 2.14 bits per heavy atom. The van der Waals surface area contributed by atoms with Gasteiger partial charge in [-0.1, -0.05) is 6.92 Å². The van der Waals surface area contributed by atoms with Crippen LogP contribution in [0.3, 0.4) is 0 Å². The minimum Gasteiger partial charge on any atom is -0.360 e. The predicted octanol–water partition coefficient (Wildman–Crippen LogP) is 1.06. The maximum absolute atomic E-state index is 11.9. The SMILES string of the molecule is CCCNc1nc(NCC(=O)N(C)CC)c2cn[nH]c2n1. The maximum atomic E-state index is 11.9. The third kappa shape index (κ3) is 3.59. The van der Waals surface area contributed by atoms with Gasteiger partial charge in [-0.15, -0.1) is 0 Å². The van der Waals surface area contributed by atoms with Gasteiger partial charge in [-0.3, -0.25) is 9.89 Å². The van der Waals surface area contributed by atoms with E-state index in [-0.39, 0.29) is 12.5 Å². The lowest BCUT2D eigenvalue weighted by Gasteiger charge is -2.15. The number of fused-ring (bicyclic) bond motifs is 1. The number of aromatic amines is 1. The molecule has 8 nitrogen and oxygen atoms in total. The van der Waals surface area contributed by atoms with Crippen molar-refractivity contribution in [3.8, 4) is 0 Å². The van der Waals surface area contributed by atoms with E-state index in [1.807, 2.05) is 6.92 Å². The van der Waals surface area contributed by atoms with Crippen LogP contribution in [-0.2, 0) is 4.79 Å². The van der Waals surface area contributed by atoms with Crippen molar-refractivity contribution < 1.29 is 4.79 Å². The Balaban J connectivity index is 2.17. The first-order valence-corrected chi connectivity index (χ1v) is 7.08. The number of rotatable bonds is 7. The van der Waals surface area contributed by atoms with Crippen molar-refractivity contribution in [2.45, 2.75) is 20.3 Å². The van der Waals surface area contributed by atoms with E-state index in [2.05, 4.69) is 37.7 Å². The van der Waals surface area contributed by atoms with Crippen molar-refractivity contribution in [1.82, 2.24) is 25.1 Å². The lowest BCUT2D eigenvalue weighted by atomic mass is 10.4. The van der Waals surface area contributed by atoms with Crippen LogP contribution in [0.1, 0.15) is 20.3 Å². The van der Waals surface area contributed by atoms with Crippen molar-refractivity contribution >= 4 is 28.7 Å². The molecule has 0 fully saturated rings. The smallest absolute Gasteiger partial charge is 0.241 e. The first-order chi connectivity index (χ1) is 10.2. The van der Waals surface area contributed by atoms with Gasteiger partial charge in [-0.2, -0.15) is 15.1 Å². The van der Waals surface area contributed by atoms with Crippen molar-refractivity contribution in [1.29, 1.82) is 0 Å². The fourth-order valence-electron chi connectivity index (χ4n) is 1.76. The molecule has 0 saturated carbocycles. The standard InChI is InChI=1S/C13H21N7O/c1-4-6-14-13-17-11(9-7-16-19-12(9)18-13)15-8-10(21)20(3)5-2/h7H,4-6,8H2,1-3H3,(H3,14,15,16,17,18,19). The third-order valence-electron chi connectivity index (χ3n) is 3.15. The lowest BCUT2D eigenvalue weighted by Crippen LogP contribution is -2.32. The summed E-state index contributed by atoms with van der Waals surface area (Å²) in [6.45, 7) is 5.66. The fraction of sp³-hybridized carbons (Fsp3) is 0.538. The summed E-state index contributed by atoms with van der Waals surface area (Å²) in [5, 5.41) is 13.8. The molecule has 0 spiro atoms. The summed E-state index contributed by atoms with van der Waals surface area (Å²) in [5.41, 5.74) is 0.641. The summed E-state index contributed by atoms with van der Waals surface area (Å²) in [4.78, 5) is 22.2. The minimum atomic E-state index is 0.0100. The first kappa shape index (κ1) is 15.0. The number of hydrogen-bond acceptors (Lipinski definition) is 6. The summed E-state index contributed by atoms with van der Waals surface area (Å²) in [6.07, 6.45) is 2.63. The molecule has 21 heavy (non-hydrogen) atoms. The third-order valence-corrected chi connectivity index (χ3v) is 3.15. The second-order valence-electron chi connectivity index (χ2n) is 4.72. The summed E-state index contributed by atoms with van der Waals surface area (Å²) >= 11 is 0. The molecule has 0 saturated heterocycles. The Labute approximate surface area is 123 Å². The highest BCUT2D eigenvalue weighted by molar-refractivity contribution is 5.89. The van der Waals surface area contributed by atoms with Gasteiger partial charge in [-0.05, 0) is 13.3 Å². The molecule has 0 unspecified atom stereocenters. The minimum absolute atomic E-state index is 0.0100. The summed E-state index contributed by atoms with van der Waals surface area (Å²) < 4.78 is 0. The van der Waals surface area contributed by atoms with Gasteiger partial charge < -0.3 is 15.5 Å². The van der Waals surface area contributed by atoms with E-state index < -0.39 is 0 Å². The molecule has 0 radical (unpaired) electrons. The van der Waals surface area contributed by atoms with Crippen LogP contribution in [0.4, 0.5) is 11.8 Å². The monoisotopic (exact) mass is 291 g/mol. The van der Waals surface area contributed by atoms with E-state index in [1.165, 1.54) is 0 Å². The first-order valence-electron chi connectivity index (χ1n) is 7.08. The molecule has 0 bridgehead atoms. The largest absolute Gasteiger partial charge is 0.360 e. The van der Waals surface area contributed by atoms with Gasteiger partial charge in [0.25, 0.3) is 0 Å². The molecule has 2 aromatic rings. The number of H-pyrrole nitrogens is 1. The van der Waals surface area contributed by atoms with Crippen LogP contribution in [0.5, 0.6) is 0 Å². The van der Waals surface area contributed by atoms with Crippen molar-refractivity contribution in [2.24, 2.45) is 0 Å². The number of amides is 1. The Hall–Kier alpha value is -2.38. The zero-order valence-corrected chi connectivity index (χ0v) is 12.6. The molecule has 2 aromatic heterocycles. The number of carbonyl (C=O) groups excluding carboxylic acids is 1. The second-order valence-corrected chi connectivity index (χ2v) is 4.72. The molecular formula is C13H21N7O. The van der Waals surface area contributed by atoms with Gasteiger partial charge in [0.15, 0.2) is 5.65 Å². The van der Waals surface area contributed by atoms with Gasteiger partial charge in [-0.25, -0.2) is 0 Å². The molecule has 0 aliphatic rings. The van der Waals surface area contributed by atoms with Crippen molar-refractivity contribution in [2.75, 3.05) is 37.3 Å². The Bertz CT molecular complexity index is 610. The molecule has 0 aliphatic heterocycles. The molecule has 8 heteroatoms. The molecule has 0 aromatic carbocycles. The second kappa shape index (κ2) is 6.87. The molecule has 2 heterocycles. The van der Waals surface area contributed by atoms with Gasteiger partial charge in [0.2, 0.25) is 11.9 Å². The van der Waals surface area contributed by atoms with Crippen molar-refractivity contribution in [3.05, 3.63) is 6.20 Å². The van der Waals surface area contributed by atoms with Crippen LogP contribution in [-0.4, -0.2) is 57.7 Å². The summed E-state index contributed by atoms with van der Waals surface area (Å²) in [6, 6.07) is 0. The van der Waals surface area contributed by atoms with Crippen LogP contribution < -0.4 is 10.6 Å². The van der Waals surface area contributed by atoms with E-state index in [0.29, 0.717) is 24.0 Å². The number of anilines is 2. The van der Waals surface area contributed by atoms with E-state index in [1.54, 1.807) is 18.1 Å². The highest BCUT2D eigenvalue weighted by atomic mass is 16.2.